The summed E-state index contributed by atoms with van der Waals surface area (Å²) in [5.74, 6) is 0. The predicted molar refractivity (Wildman–Crippen MR) is 39.5 cm³/mol. The normalized spacial score (nSPS) is 9.27. The summed E-state index contributed by atoms with van der Waals surface area (Å²) in [6, 6.07) is 0. The van der Waals surface area contributed by atoms with Crippen molar-refractivity contribution in [2.24, 2.45) is 0 Å². The van der Waals surface area contributed by atoms with Crippen molar-refractivity contribution >= 4 is 6.16 Å². The molecule has 4 heteroatoms. The molecular weight excluding hydrogens is 148 g/mol. The molecule has 0 rings (SSSR count). The maximum atomic E-state index is 10.4. The first-order valence-electron chi connectivity index (χ1n) is 3.51. The highest BCUT2D eigenvalue weighted by Crippen LogP contribution is 1.91. The van der Waals surface area contributed by atoms with E-state index in [0.29, 0.717) is 13.2 Å². The Bertz CT molecular complexity index is 103. The summed E-state index contributed by atoms with van der Waals surface area (Å²) >= 11 is 0. The van der Waals surface area contributed by atoms with Crippen LogP contribution in [0.25, 0.3) is 0 Å². The molecule has 4 nitrogen and oxygen atoms in total. The lowest BCUT2D eigenvalue weighted by Crippen LogP contribution is -2.05. The van der Waals surface area contributed by atoms with Crippen molar-refractivity contribution in [3.05, 3.63) is 0 Å². The Labute approximate surface area is 66.4 Å². The van der Waals surface area contributed by atoms with E-state index in [1.54, 1.807) is 7.11 Å². The molecule has 0 spiro atoms. The molecule has 0 aromatic heterocycles. The summed E-state index contributed by atoms with van der Waals surface area (Å²) in [5, 5.41) is 0. The second-order valence-electron chi connectivity index (χ2n) is 2.00. The van der Waals surface area contributed by atoms with Gasteiger partial charge in [0.05, 0.1) is 13.7 Å². The van der Waals surface area contributed by atoms with Gasteiger partial charge in [-0.1, -0.05) is 0 Å². The highest BCUT2D eigenvalue weighted by atomic mass is 16.7. The molecule has 0 aromatic rings. The summed E-state index contributed by atoms with van der Waals surface area (Å²) in [6.45, 7) is 1.10. The van der Waals surface area contributed by atoms with Crippen LogP contribution in [0.2, 0.25) is 0 Å². The number of hydrogen-bond acceptors (Lipinski definition) is 4. The van der Waals surface area contributed by atoms with Gasteiger partial charge in [-0.15, -0.1) is 0 Å². The number of unbranched alkanes of at least 4 members (excludes halogenated alkanes) is 1. The van der Waals surface area contributed by atoms with Crippen LogP contribution in [-0.2, 0) is 14.2 Å². The van der Waals surface area contributed by atoms with E-state index in [0.717, 1.165) is 12.8 Å². The van der Waals surface area contributed by atoms with Crippen molar-refractivity contribution in [3.8, 4) is 0 Å². The lowest BCUT2D eigenvalue weighted by Gasteiger charge is -2.01. The molecule has 0 saturated heterocycles. The zero-order valence-corrected chi connectivity index (χ0v) is 6.96. The molecule has 0 amide bonds. The van der Waals surface area contributed by atoms with Gasteiger partial charge in [0, 0.05) is 13.7 Å². The summed E-state index contributed by atoms with van der Waals surface area (Å²) in [4.78, 5) is 10.4. The summed E-state index contributed by atoms with van der Waals surface area (Å²) in [7, 11) is 2.93. The fourth-order valence-corrected chi connectivity index (χ4v) is 0.563. The zero-order chi connectivity index (χ0) is 8.53. The topological polar surface area (TPSA) is 44.8 Å². The number of carbonyl (C=O) groups excluding carboxylic acids is 1. The Morgan fingerprint density at radius 3 is 2.36 bits per heavy atom. The van der Waals surface area contributed by atoms with Crippen molar-refractivity contribution in [1.82, 2.24) is 0 Å². The molecule has 0 saturated carbocycles. The van der Waals surface area contributed by atoms with Gasteiger partial charge in [0.15, 0.2) is 0 Å². The Morgan fingerprint density at radius 2 is 1.82 bits per heavy atom. The van der Waals surface area contributed by atoms with E-state index in [2.05, 4.69) is 9.47 Å². The Kier molecular flexibility index (Phi) is 6.82. The summed E-state index contributed by atoms with van der Waals surface area (Å²) in [5.41, 5.74) is 0. The van der Waals surface area contributed by atoms with Gasteiger partial charge in [-0.25, -0.2) is 4.79 Å². The summed E-state index contributed by atoms with van der Waals surface area (Å²) < 4.78 is 13.7. The fraction of sp³-hybridized carbons (Fsp3) is 0.857. The standard InChI is InChI=1S/C7H14O4/c1-9-5-3-4-6-11-7(8)10-2/h3-6H2,1-2H3. The van der Waals surface area contributed by atoms with Gasteiger partial charge in [-0.3, -0.25) is 0 Å². The van der Waals surface area contributed by atoms with Crippen LogP contribution in [0.3, 0.4) is 0 Å². The number of ether oxygens (including phenoxy) is 3. The van der Waals surface area contributed by atoms with Gasteiger partial charge in [0.25, 0.3) is 0 Å². The molecule has 66 valence electrons. The van der Waals surface area contributed by atoms with Crippen molar-refractivity contribution in [1.29, 1.82) is 0 Å². The third-order valence-corrected chi connectivity index (χ3v) is 1.13. The minimum atomic E-state index is -0.623. The van der Waals surface area contributed by atoms with Gasteiger partial charge in [0.2, 0.25) is 0 Å². The SMILES string of the molecule is COCCCCOC(=O)OC. The molecule has 0 unspecified atom stereocenters. The summed E-state index contributed by atoms with van der Waals surface area (Å²) in [6.07, 6.45) is 1.08. The molecule has 0 N–H and O–H groups in total. The lowest BCUT2D eigenvalue weighted by molar-refractivity contribution is 0.0692. The minimum absolute atomic E-state index is 0.399. The van der Waals surface area contributed by atoms with Gasteiger partial charge < -0.3 is 14.2 Å². The van der Waals surface area contributed by atoms with Gasteiger partial charge >= 0.3 is 6.16 Å². The van der Waals surface area contributed by atoms with Gasteiger partial charge in [0.1, 0.15) is 0 Å². The van der Waals surface area contributed by atoms with Crippen LogP contribution in [0, 0.1) is 0 Å². The van der Waals surface area contributed by atoms with E-state index in [9.17, 15) is 4.79 Å². The number of carbonyl (C=O) groups is 1. The molecule has 0 atom stereocenters. The number of methoxy groups -OCH3 is 2. The molecule has 0 bridgehead atoms. The van der Waals surface area contributed by atoms with E-state index in [1.165, 1.54) is 7.11 Å². The van der Waals surface area contributed by atoms with E-state index in [4.69, 9.17) is 4.74 Å². The highest BCUT2D eigenvalue weighted by molar-refractivity contribution is 5.59. The first-order chi connectivity index (χ1) is 5.31. The number of hydrogen-bond donors (Lipinski definition) is 0. The fourth-order valence-electron chi connectivity index (χ4n) is 0.563. The average molecular weight is 162 g/mol. The minimum Gasteiger partial charge on any atom is -0.438 e. The van der Waals surface area contributed by atoms with Gasteiger partial charge in [-0.2, -0.15) is 0 Å². The van der Waals surface area contributed by atoms with Crippen LogP contribution in [0.15, 0.2) is 0 Å². The highest BCUT2D eigenvalue weighted by Gasteiger charge is 1.97. The van der Waals surface area contributed by atoms with Crippen molar-refractivity contribution in [3.63, 3.8) is 0 Å². The largest absolute Gasteiger partial charge is 0.507 e. The average Bonchev–Trinajstić information content (AvgIpc) is 2.04. The first kappa shape index (κ1) is 10.2. The molecule has 0 aliphatic rings. The molecule has 11 heavy (non-hydrogen) atoms. The van der Waals surface area contributed by atoms with E-state index in [1.807, 2.05) is 0 Å². The zero-order valence-electron chi connectivity index (χ0n) is 6.96. The Balaban J connectivity index is 2.95. The van der Waals surface area contributed by atoms with Crippen molar-refractivity contribution in [2.75, 3.05) is 27.4 Å². The first-order valence-corrected chi connectivity index (χ1v) is 3.51. The van der Waals surface area contributed by atoms with Crippen LogP contribution >= 0.6 is 0 Å². The third kappa shape index (κ3) is 7.12. The molecule has 0 radical (unpaired) electrons. The van der Waals surface area contributed by atoms with Crippen LogP contribution in [-0.4, -0.2) is 33.6 Å². The molecule has 0 aromatic carbocycles. The quantitative estimate of drug-likeness (QED) is 0.450. The number of rotatable bonds is 5. The third-order valence-electron chi connectivity index (χ3n) is 1.13. The second kappa shape index (κ2) is 7.34. The van der Waals surface area contributed by atoms with Crippen molar-refractivity contribution in [2.45, 2.75) is 12.8 Å². The second-order valence-corrected chi connectivity index (χ2v) is 2.00. The molecular formula is C7H14O4. The molecule has 0 aliphatic heterocycles. The monoisotopic (exact) mass is 162 g/mol. The van der Waals surface area contributed by atoms with Crippen LogP contribution < -0.4 is 0 Å². The maximum absolute atomic E-state index is 10.4. The lowest BCUT2D eigenvalue weighted by atomic mass is 10.3. The van der Waals surface area contributed by atoms with Crippen LogP contribution in [0.4, 0.5) is 4.79 Å². The Morgan fingerprint density at radius 1 is 1.18 bits per heavy atom. The van der Waals surface area contributed by atoms with E-state index in [-0.39, 0.29) is 0 Å². The van der Waals surface area contributed by atoms with E-state index >= 15 is 0 Å². The van der Waals surface area contributed by atoms with Crippen LogP contribution in [0.5, 0.6) is 0 Å². The predicted octanol–water partition coefficient (Wildman–Crippen LogP) is 1.20. The van der Waals surface area contributed by atoms with Crippen molar-refractivity contribution < 1.29 is 19.0 Å². The molecule has 0 fully saturated rings. The molecule has 0 heterocycles. The maximum Gasteiger partial charge on any atom is 0.507 e. The molecule has 0 aliphatic carbocycles. The smallest absolute Gasteiger partial charge is 0.438 e. The van der Waals surface area contributed by atoms with Gasteiger partial charge in [-0.05, 0) is 12.8 Å². The Hall–Kier alpha value is -0.770. The van der Waals surface area contributed by atoms with Crippen LogP contribution in [0.1, 0.15) is 12.8 Å². The van der Waals surface area contributed by atoms with E-state index < -0.39 is 6.16 Å².